The molecule has 19 heavy (non-hydrogen) atoms. The van der Waals surface area contributed by atoms with Crippen LogP contribution in [0, 0.1) is 17.3 Å². The Bertz CT molecular complexity index is 430. The van der Waals surface area contributed by atoms with Gasteiger partial charge in [0.05, 0.1) is 17.8 Å². The Balaban J connectivity index is 1.46. The van der Waals surface area contributed by atoms with Gasteiger partial charge in [-0.1, -0.05) is 12.2 Å². The molecule has 0 aromatic heterocycles. The SMILES string of the molecule is C=C(C)COCOC12CC3CC4CC(O)(C1)CC43C2. The highest BCUT2D eigenvalue weighted by atomic mass is 16.7. The van der Waals surface area contributed by atoms with Crippen molar-refractivity contribution in [3.05, 3.63) is 12.2 Å². The fourth-order valence-electron chi connectivity index (χ4n) is 5.88. The maximum absolute atomic E-state index is 10.8. The fourth-order valence-corrected chi connectivity index (χ4v) is 5.88. The van der Waals surface area contributed by atoms with E-state index in [1.54, 1.807) is 0 Å². The molecule has 5 atom stereocenters. The van der Waals surface area contributed by atoms with E-state index in [9.17, 15) is 5.11 Å². The molecule has 0 aliphatic heterocycles. The molecule has 4 rings (SSSR count). The van der Waals surface area contributed by atoms with Gasteiger partial charge < -0.3 is 14.6 Å². The molecular weight excluding hydrogens is 240 g/mol. The Labute approximate surface area is 115 Å². The highest BCUT2D eigenvalue weighted by Crippen LogP contribution is 2.77. The molecule has 0 amide bonds. The first-order valence-electron chi connectivity index (χ1n) is 7.54. The van der Waals surface area contributed by atoms with E-state index in [1.807, 2.05) is 6.92 Å². The summed E-state index contributed by atoms with van der Waals surface area (Å²) < 4.78 is 11.6. The number of hydrogen-bond acceptors (Lipinski definition) is 3. The minimum absolute atomic E-state index is 0.0992. The summed E-state index contributed by atoms with van der Waals surface area (Å²) >= 11 is 0. The smallest absolute Gasteiger partial charge is 0.147 e. The molecule has 0 heterocycles. The summed E-state index contributed by atoms with van der Waals surface area (Å²) in [5, 5.41) is 10.8. The van der Waals surface area contributed by atoms with Crippen molar-refractivity contribution in [1.82, 2.24) is 0 Å². The summed E-state index contributed by atoms with van der Waals surface area (Å²) in [5.74, 6) is 1.57. The molecule has 4 saturated carbocycles. The molecule has 4 aliphatic rings. The Hall–Kier alpha value is -0.380. The third kappa shape index (κ3) is 1.61. The molecule has 0 aromatic carbocycles. The molecular formula is C16H24O3. The van der Waals surface area contributed by atoms with Crippen LogP contribution in [-0.2, 0) is 9.47 Å². The molecule has 0 radical (unpaired) electrons. The summed E-state index contributed by atoms with van der Waals surface area (Å²) in [6.07, 6.45) is 6.50. The number of aliphatic hydroxyl groups is 1. The number of fused-ring (bicyclic) bond motifs is 2. The zero-order valence-corrected chi connectivity index (χ0v) is 11.8. The zero-order chi connectivity index (χ0) is 13.3. The van der Waals surface area contributed by atoms with Crippen molar-refractivity contribution in [3.63, 3.8) is 0 Å². The number of hydrogen-bond donors (Lipinski definition) is 1. The van der Waals surface area contributed by atoms with Gasteiger partial charge in [-0.3, -0.25) is 0 Å². The Morgan fingerprint density at radius 1 is 1.26 bits per heavy atom. The standard InChI is InChI=1S/C16H24O3/c1-11(2)6-18-10-19-15-5-13-3-12-4-14(17,7-15)8-16(12,13)9-15/h12-13,17H,1,3-10H2,2H3. The second-order valence-corrected chi connectivity index (χ2v) is 7.78. The Kier molecular flexibility index (Phi) is 2.36. The largest absolute Gasteiger partial charge is 0.390 e. The van der Waals surface area contributed by atoms with Gasteiger partial charge in [0.1, 0.15) is 6.79 Å². The van der Waals surface area contributed by atoms with Crippen molar-refractivity contribution in [2.75, 3.05) is 13.4 Å². The summed E-state index contributed by atoms with van der Waals surface area (Å²) in [5.41, 5.74) is 0.913. The van der Waals surface area contributed by atoms with Gasteiger partial charge in [-0.05, 0) is 56.3 Å². The molecule has 3 bridgehead atoms. The summed E-state index contributed by atoms with van der Waals surface area (Å²) in [7, 11) is 0. The Morgan fingerprint density at radius 2 is 2.05 bits per heavy atom. The Morgan fingerprint density at radius 3 is 2.84 bits per heavy atom. The maximum Gasteiger partial charge on any atom is 0.147 e. The van der Waals surface area contributed by atoms with Gasteiger partial charge in [0.15, 0.2) is 0 Å². The van der Waals surface area contributed by atoms with Gasteiger partial charge in [-0.2, -0.15) is 0 Å². The molecule has 4 aliphatic carbocycles. The van der Waals surface area contributed by atoms with Crippen LogP contribution in [0.5, 0.6) is 0 Å². The van der Waals surface area contributed by atoms with E-state index in [0.29, 0.717) is 18.8 Å². The van der Waals surface area contributed by atoms with Crippen LogP contribution in [0.3, 0.4) is 0 Å². The van der Waals surface area contributed by atoms with Crippen molar-refractivity contribution < 1.29 is 14.6 Å². The summed E-state index contributed by atoms with van der Waals surface area (Å²) in [6, 6.07) is 0. The van der Waals surface area contributed by atoms with Crippen molar-refractivity contribution in [2.24, 2.45) is 17.3 Å². The van der Waals surface area contributed by atoms with Crippen LogP contribution in [0.25, 0.3) is 0 Å². The third-order valence-corrected chi connectivity index (χ3v) is 6.20. The van der Waals surface area contributed by atoms with Gasteiger partial charge in [-0.15, -0.1) is 0 Å². The van der Waals surface area contributed by atoms with Gasteiger partial charge in [0.2, 0.25) is 0 Å². The highest BCUT2D eigenvalue weighted by Gasteiger charge is 2.75. The van der Waals surface area contributed by atoms with E-state index in [1.165, 1.54) is 6.42 Å². The molecule has 5 unspecified atom stereocenters. The third-order valence-electron chi connectivity index (χ3n) is 6.20. The van der Waals surface area contributed by atoms with Gasteiger partial charge in [0, 0.05) is 6.42 Å². The van der Waals surface area contributed by atoms with Crippen LogP contribution < -0.4 is 0 Å². The lowest BCUT2D eigenvalue weighted by Crippen LogP contribution is -2.46. The summed E-state index contributed by atoms with van der Waals surface area (Å²) in [6.45, 7) is 6.70. The predicted octanol–water partition coefficient (Wildman–Crippen LogP) is 2.64. The molecule has 3 heteroatoms. The maximum atomic E-state index is 10.8. The molecule has 3 nitrogen and oxygen atoms in total. The van der Waals surface area contributed by atoms with E-state index in [0.717, 1.165) is 49.5 Å². The van der Waals surface area contributed by atoms with Crippen molar-refractivity contribution in [2.45, 2.75) is 56.7 Å². The average molecular weight is 264 g/mol. The van der Waals surface area contributed by atoms with Crippen molar-refractivity contribution >= 4 is 0 Å². The van der Waals surface area contributed by atoms with Crippen LogP contribution in [0.1, 0.15) is 45.4 Å². The molecule has 4 fully saturated rings. The monoisotopic (exact) mass is 264 g/mol. The lowest BCUT2D eigenvalue weighted by molar-refractivity contribution is -0.174. The number of rotatable bonds is 5. The van der Waals surface area contributed by atoms with Gasteiger partial charge in [0.25, 0.3) is 0 Å². The van der Waals surface area contributed by atoms with E-state index >= 15 is 0 Å². The van der Waals surface area contributed by atoms with E-state index in [2.05, 4.69) is 6.58 Å². The first kappa shape index (κ1) is 12.4. The van der Waals surface area contributed by atoms with Gasteiger partial charge >= 0.3 is 0 Å². The lowest BCUT2D eigenvalue weighted by atomic mass is 9.56. The van der Waals surface area contributed by atoms with E-state index in [-0.39, 0.29) is 5.60 Å². The zero-order valence-electron chi connectivity index (χ0n) is 11.8. The molecule has 1 spiro atoms. The van der Waals surface area contributed by atoms with Crippen LogP contribution in [-0.4, -0.2) is 29.7 Å². The second-order valence-electron chi connectivity index (χ2n) is 7.78. The fraction of sp³-hybridized carbons (Fsp3) is 0.875. The first-order valence-corrected chi connectivity index (χ1v) is 7.54. The molecule has 1 N–H and O–H groups in total. The lowest BCUT2D eigenvalue weighted by Gasteiger charge is -2.49. The van der Waals surface area contributed by atoms with Crippen molar-refractivity contribution in [3.8, 4) is 0 Å². The van der Waals surface area contributed by atoms with Crippen LogP contribution in [0.2, 0.25) is 0 Å². The highest BCUT2D eigenvalue weighted by molar-refractivity contribution is 5.25. The molecule has 106 valence electrons. The van der Waals surface area contributed by atoms with Crippen LogP contribution >= 0.6 is 0 Å². The minimum Gasteiger partial charge on any atom is -0.390 e. The van der Waals surface area contributed by atoms with Crippen LogP contribution in [0.15, 0.2) is 12.2 Å². The quantitative estimate of drug-likeness (QED) is 0.471. The van der Waals surface area contributed by atoms with Gasteiger partial charge in [-0.25, -0.2) is 0 Å². The summed E-state index contributed by atoms with van der Waals surface area (Å²) in [4.78, 5) is 0. The van der Waals surface area contributed by atoms with Crippen LogP contribution in [0.4, 0.5) is 0 Å². The topological polar surface area (TPSA) is 38.7 Å². The molecule has 0 aromatic rings. The number of ether oxygens (including phenoxy) is 2. The predicted molar refractivity (Wildman–Crippen MR) is 71.5 cm³/mol. The normalized spacial score (nSPS) is 53.2. The van der Waals surface area contributed by atoms with E-state index in [4.69, 9.17) is 9.47 Å². The second kappa shape index (κ2) is 3.63. The average Bonchev–Trinajstić information content (AvgIpc) is 2.59. The molecule has 0 saturated heterocycles. The minimum atomic E-state index is -0.442. The van der Waals surface area contributed by atoms with E-state index < -0.39 is 5.60 Å². The first-order chi connectivity index (χ1) is 8.96. The van der Waals surface area contributed by atoms with Crippen molar-refractivity contribution in [1.29, 1.82) is 0 Å².